The first-order valence-electron chi connectivity index (χ1n) is 6.67. The van der Waals surface area contributed by atoms with Crippen LogP contribution in [0.3, 0.4) is 0 Å². The maximum atomic E-state index is 11.4. The number of hydrogen-bond donors (Lipinski definition) is 1. The third-order valence-corrected chi connectivity index (χ3v) is 3.10. The summed E-state index contributed by atoms with van der Waals surface area (Å²) < 4.78 is 4.76. The van der Waals surface area contributed by atoms with Crippen LogP contribution in [0.25, 0.3) is 0 Å². The molecule has 0 saturated heterocycles. The average Bonchev–Trinajstić information content (AvgIpc) is 2.36. The molecule has 108 valence electrons. The van der Waals surface area contributed by atoms with Crippen LogP contribution in [-0.4, -0.2) is 76.2 Å². The molecule has 0 amide bonds. The van der Waals surface area contributed by atoms with Crippen molar-refractivity contribution in [3.63, 3.8) is 0 Å². The lowest BCUT2D eigenvalue weighted by atomic mass is 10.2. The van der Waals surface area contributed by atoms with E-state index >= 15 is 0 Å². The van der Waals surface area contributed by atoms with Crippen molar-refractivity contribution in [2.24, 2.45) is 0 Å². The van der Waals surface area contributed by atoms with Crippen LogP contribution < -0.4 is 5.32 Å². The maximum Gasteiger partial charge on any atom is 0.322 e. The molecular formula is C13H29N3O2. The van der Waals surface area contributed by atoms with Gasteiger partial charge in [0, 0.05) is 6.54 Å². The van der Waals surface area contributed by atoms with Gasteiger partial charge in [0.25, 0.3) is 0 Å². The molecule has 0 aliphatic rings. The zero-order chi connectivity index (χ0) is 14.0. The van der Waals surface area contributed by atoms with Crippen LogP contribution in [0, 0.1) is 0 Å². The number of carbonyl (C=O) groups excluding carboxylic acids is 1. The Morgan fingerprint density at radius 1 is 1.28 bits per heavy atom. The number of likely N-dealkylation sites (N-methyl/N-ethyl adjacent to an activating group) is 1. The molecule has 0 bridgehead atoms. The molecule has 1 N–H and O–H groups in total. The highest BCUT2D eigenvalue weighted by atomic mass is 16.5. The van der Waals surface area contributed by atoms with Gasteiger partial charge in [0.05, 0.1) is 7.11 Å². The van der Waals surface area contributed by atoms with Gasteiger partial charge in [-0.1, -0.05) is 6.92 Å². The van der Waals surface area contributed by atoms with Crippen molar-refractivity contribution in [2.45, 2.75) is 25.8 Å². The fourth-order valence-corrected chi connectivity index (χ4v) is 1.87. The van der Waals surface area contributed by atoms with E-state index in [-0.39, 0.29) is 12.0 Å². The summed E-state index contributed by atoms with van der Waals surface area (Å²) in [4.78, 5) is 16.0. The lowest BCUT2D eigenvalue weighted by Crippen LogP contribution is -2.39. The Morgan fingerprint density at radius 2 is 1.94 bits per heavy atom. The van der Waals surface area contributed by atoms with Gasteiger partial charge in [0.1, 0.15) is 6.04 Å². The van der Waals surface area contributed by atoms with E-state index in [0.29, 0.717) is 0 Å². The van der Waals surface area contributed by atoms with E-state index in [1.54, 1.807) is 7.05 Å². The van der Waals surface area contributed by atoms with E-state index in [2.05, 4.69) is 36.1 Å². The molecule has 0 fully saturated rings. The number of carbonyl (C=O) groups is 1. The second kappa shape index (κ2) is 10.3. The second-order valence-electron chi connectivity index (χ2n) is 4.74. The Morgan fingerprint density at radius 3 is 2.39 bits per heavy atom. The molecule has 5 heteroatoms. The third kappa shape index (κ3) is 7.63. The van der Waals surface area contributed by atoms with Gasteiger partial charge < -0.3 is 19.9 Å². The number of rotatable bonds is 10. The van der Waals surface area contributed by atoms with Crippen LogP contribution >= 0.6 is 0 Å². The van der Waals surface area contributed by atoms with Crippen LogP contribution in [0.15, 0.2) is 0 Å². The predicted octanol–water partition coefficient (Wildman–Crippen LogP) is 0.411. The molecule has 0 saturated carbocycles. The molecule has 0 heterocycles. The number of hydrogen-bond acceptors (Lipinski definition) is 5. The van der Waals surface area contributed by atoms with Gasteiger partial charge in [-0.25, -0.2) is 0 Å². The third-order valence-electron chi connectivity index (χ3n) is 3.10. The summed E-state index contributed by atoms with van der Waals surface area (Å²) >= 11 is 0. The van der Waals surface area contributed by atoms with E-state index in [4.69, 9.17) is 4.74 Å². The topological polar surface area (TPSA) is 44.8 Å². The van der Waals surface area contributed by atoms with Crippen molar-refractivity contribution in [1.29, 1.82) is 0 Å². The SMILES string of the molecule is CCN(CCCN(C)C)CCC(NC)C(=O)OC. The molecule has 0 spiro atoms. The fourth-order valence-electron chi connectivity index (χ4n) is 1.87. The predicted molar refractivity (Wildman–Crippen MR) is 74.8 cm³/mol. The van der Waals surface area contributed by atoms with Crippen LogP contribution in [0.4, 0.5) is 0 Å². The highest BCUT2D eigenvalue weighted by molar-refractivity contribution is 5.75. The minimum atomic E-state index is -0.196. The van der Waals surface area contributed by atoms with Crippen LogP contribution in [0.2, 0.25) is 0 Å². The average molecular weight is 259 g/mol. The highest BCUT2D eigenvalue weighted by Crippen LogP contribution is 2.00. The van der Waals surface area contributed by atoms with Crippen LogP contribution in [0.1, 0.15) is 19.8 Å². The normalized spacial score (nSPS) is 13.1. The minimum Gasteiger partial charge on any atom is -0.468 e. The smallest absolute Gasteiger partial charge is 0.322 e. The minimum absolute atomic E-state index is 0.179. The summed E-state index contributed by atoms with van der Waals surface area (Å²) in [6, 6.07) is -0.196. The molecule has 5 nitrogen and oxygen atoms in total. The molecule has 0 rings (SSSR count). The molecule has 0 aromatic rings. The van der Waals surface area contributed by atoms with Crippen LogP contribution in [0.5, 0.6) is 0 Å². The highest BCUT2D eigenvalue weighted by Gasteiger charge is 2.17. The van der Waals surface area contributed by atoms with Crippen molar-refractivity contribution < 1.29 is 9.53 Å². The quantitative estimate of drug-likeness (QED) is 0.576. The molecule has 0 aromatic heterocycles. The van der Waals surface area contributed by atoms with Crippen molar-refractivity contribution in [3.8, 4) is 0 Å². The summed E-state index contributed by atoms with van der Waals surface area (Å²) in [5.41, 5.74) is 0. The summed E-state index contributed by atoms with van der Waals surface area (Å²) in [6.45, 7) is 6.27. The molecule has 18 heavy (non-hydrogen) atoms. The molecule has 1 unspecified atom stereocenters. The number of methoxy groups -OCH3 is 1. The standard InChI is InChI=1S/C13H29N3O2/c1-6-16(10-7-9-15(3)4)11-8-12(14-2)13(17)18-5/h12,14H,6-11H2,1-5H3. The Labute approximate surface area is 111 Å². The van der Waals surface area contributed by atoms with Gasteiger partial charge in [-0.2, -0.15) is 0 Å². The first kappa shape index (κ1) is 17.4. The van der Waals surface area contributed by atoms with E-state index in [0.717, 1.165) is 39.0 Å². The Kier molecular flexibility index (Phi) is 9.92. The maximum absolute atomic E-state index is 11.4. The van der Waals surface area contributed by atoms with E-state index in [9.17, 15) is 4.79 Å². The summed E-state index contributed by atoms with van der Waals surface area (Å²) in [6.07, 6.45) is 1.95. The number of esters is 1. The summed E-state index contributed by atoms with van der Waals surface area (Å²) in [5.74, 6) is -0.179. The zero-order valence-corrected chi connectivity index (χ0v) is 12.5. The number of nitrogens with zero attached hydrogens (tertiary/aromatic N) is 2. The Bertz CT molecular complexity index is 222. The van der Waals surface area contributed by atoms with Gasteiger partial charge in [-0.3, -0.25) is 4.79 Å². The van der Waals surface area contributed by atoms with E-state index in [1.165, 1.54) is 7.11 Å². The molecule has 1 atom stereocenters. The van der Waals surface area contributed by atoms with Crippen molar-refractivity contribution in [3.05, 3.63) is 0 Å². The number of nitrogens with one attached hydrogen (secondary N) is 1. The van der Waals surface area contributed by atoms with Gasteiger partial charge in [-0.15, -0.1) is 0 Å². The Hall–Kier alpha value is -0.650. The largest absolute Gasteiger partial charge is 0.468 e. The van der Waals surface area contributed by atoms with Gasteiger partial charge >= 0.3 is 5.97 Å². The van der Waals surface area contributed by atoms with E-state index < -0.39 is 0 Å². The number of ether oxygens (including phenoxy) is 1. The summed E-state index contributed by atoms with van der Waals surface area (Å²) in [7, 11) is 7.40. The lowest BCUT2D eigenvalue weighted by Gasteiger charge is -2.23. The van der Waals surface area contributed by atoms with Gasteiger partial charge in [0.15, 0.2) is 0 Å². The lowest BCUT2D eigenvalue weighted by molar-refractivity contribution is -0.143. The second-order valence-corrected chi connectivity index (χ2v) is 4.74. The molecule has 0 aliphatic carbocycles. The first-order valence-corrected chi connectivity index (χ1v) is 6.67. The molecule has 0 aliphatic heterocycles. The van der Waals surface area contributed by atoms with Gasteiger partial charge in [0.2, 0.25) is 0 Å². The zero-order valence-electron chi connectivity index (χ0n) is 12.5. The Balaban J connectivity index is 3.93. The summed E-state index contributed by atoms with van der Waals surface area (Å²) in [5, 5.41) is 3.00. The fraction of sp³-hybridized carbons (Fsp3) is 0.923. The van der Waals surface area contributed by atoms with Crippen LogP contribution in [-0.2, 0) is 9.53 Å². The molecule has 0 radical (unpaired) electrons. The van der Waals surface area contributed by atoms with Gasteiger partial charge in [-0.05, 0) is 53.6 Å². The molecular weight excluding hydrogens is 230 g/mol. The van der Waals surface area contributed by atoms with Crippen molar-refractivity contribution in [2.75, 3.05) is 54.4 Å². The van der Waals surface area contributed by atoms with Crippen molar-refractivity contribution >= 4 is 5.97 Å². The van der Waals surface area contributed by atoms with Crippen molar-refractivity contribution in [1.82, 2.24) is 15.1 Å². The first-order chi connectivity index (χ1) is 8.54. The molecule has 0 aromatic carbocycles. The van der Waals surface area contributed by atoms with E-state index in [1.807, 2.05) is 0 Å². The monoisotopic (exact) mass is 259 g/mol.